The van der Waals surface area contributed by atoms with E-state index in [1.807, 2.05) is 87.9 Å². The van der Waals surface area contributed by atoms with Crippen molar-refractivity contribution in [2.24, 2.45) is 17.3 Å². The summed E-state index contributed by atoms with van der Waals surface area (Å²) in [5.74, 6) is 1.84. The Morgan fingerprint density at radius 2 is 1.62 bits per heavy atom. The Morgan fingerprint density at radius 1 is 0.886 bits per heavy atom. The molecule has 1 saturated carbocycles. The van der Waals surface area contributed by atoms with E-state index in [-0.39, 0.29) is 48.6 Å². The fourth-order valence-corrected chi connectivity index (χ4v) is 14.5. The van der Waals surface area contributed by atoms with E-state index in [1.165, 1.54) is 12.8 Å². The van der Waals surface area contributed by atoms with Crippen LogP contribution in [0.25, 0.3) is 21.7 Å². The quantitative estimate of drug-likeness (QED) is 0.0762. The minimum atomic E-state index is -0.800. The Hall–Kier alpha value is -6.83. The number of piperidine rings is 2. The average Bonchev–Trinajstić information content (AvgIpc) is 4.40. The summed E-state index contributed by atoms with van der Waals surface area (Å²) in [6.07, 6.45) is 10.3. The highest BCUT2D eigenvalue weighted by molar-refractivity contribution is 7.13. The first-order valence-electron chi connectivity index (χ1n) is 28.6. The van der Waals surface area contributed by atoms with Crippen LogP contribution >= 0.6 is 11.3 Å². The first-order valence-corrected chi connectivity index (χ1v) is 29.4. The van der Waals surface area contributed by atoms with Crippen LogP contribution in [0.5, 0.6) is 11.6 Å². The van der Waals surface area contributed by atoms with E-state index in [0.29, 0.717) is 52.1 Å². The van der Waals surface area contributed by atoms with E-state index in [4.69, 9.17) is 15.0 Å². The van der Waals surface area contributed by atoms with Gasteiger partial charge in [-0.2, -0.15) is 0 Å². The molecule has 4 aromatic heterocycles. The maximum absolute atomic E-state index is 14.4. The minimum absolute atomic E-state index is 0.0880. The molecule has 5 N–H and O–H groups in total. The Bertz CT molecular complexity index is 3110. The highest BCUT2D eigenvalue weighted by atomic mass is 32.1. The SMILES string of the molecule is Cc1ncsc1-c1ccc([C@H](C)NC(=O)[C@@H]2C[C@@H](O)CN2C(=O)[C@H](c2cc(N3CCC4(CCN(CC5CC(Oc6cc(N7C8CC[C@@H]7CN(c7cc(-c9ccccc9O)nnc7N)C8)ccn6)C5)CC4)CC3)no2)C(C)C)cc1. The zero-order chi connectivity index (χ0) is 54.5. The number of aromatic nitrogens is 5. The number of nitrogens with zero attached hydrogens (tertiary/aromatic N) is 10. The maximum atomic E-state index is 14.4. The van der Waals surface area contributed by atoms with E-state index in [0.717, 1.165) is 123 Å². The number of β-amino-alcohol motifs (C(OH)–C–C–N with tert-alkyl or cyclic N) is 1. The van der Waals surface area contributed by atoms with Crippen LogP contribution in [-0.2, 0) is 9.59 Å². The van der Waals surface area contributed by atoms with Gasteiger partial charge in [-0.3, -0.25) is 9.59 Å². The summed E-state index contributed by atoms with van der Waals surface area (Å²) in [6, 6.07) is 22.9. The van der Waals surface area contributed by atoms with Gasteiger partial charge in [0.05, 0.1) is 39.6 Å². The number of aryl methyl sites for hydroxylation is 1. The number of piperazine rings is 1. The minimum Gasteiger partial charge on any atom is -0.507 e. The number of phenols is 1. The largest absolute Gasteiger partial charge is 0.507 e. The number of phenolic OH excluding ortho intramolecular Hbond substituents is 1. The molecule has 6 fully saturated rings. The third kappa shape index (κ3) is 10.8. The predicted molar refractivity (Wildman–Crippen MR) is 305 cm³/mol. The number of para-hydroxylation sites is 1. The summed E-state index contributed by atoms with van der Waals surface area (Å²) in [6.45, 7) is 14.7. The number of thiazole rings is 1. The molecule has 0 radical (unpaired) electrons. The van der Waals surface area contributed by atoms with Gasteiger partial charge in [0.1, 0.15) is 23.8 Å². The Balaban J connectivity index is 0.588. The number of nitrogens with one attached hydrogen (secondary N) is 1. The number of anilines is 4. The molecule has 1 spiro atoms. The molecule has 2 amide bonds. The number of benzene rings is 2. The van der Waals surface area contributed by atoms with Crippen molar-refractivity contribution in [3.63, 3.8) is 0 Å². The molecule has 416 valence electrons. The lowest BCUT2D eigenvalue weighted by atomic mass is 9.71. The number of ether oxygens (including phenoxy) is 1. The first-order chi connectivity index (χ1) is 38.2. The van der Waals surface area contributed by atoms with E-state index in [1.54, 1.807) is 28.4 Å². The summed E-state index contributed by atoms with van der Waals surface area (Å²) < 4.78 is 12.5. The van der Waals surface area contributed by atoms with Crippen LogP contribution in [-0.4, -0.2) is 140 Å². The van der Waals surface area contributed by atoms with E-state index in [9.17, 15) is 19.8 Å². The van der Waals surface area contributed by atoms with E-state index in [2.05, 4.69) is 62.4 Å². The van der Waals surface area contributed by atoms with Crippen LogP contribution in [0, 0.1) is 24.2 Å². The van der Waals surface area contributed by atoms with Gasteiger partial charge in [-0.15, -0.1) is 21.5 Å². The fourth-order valence-electron chi connectivity index (χ4n) is 13.7. The zero-order valence-corrected chi connectivity index (χ0v) is 46.6. The third-order valence-corrected chi connectivity index (χ3v) is 19.3. The number of nitrogens with two attached hydrogens (primary N) is 1. The van der Waals surface area contributed by atoms with Crippen LogP contribution in [0.2, 0.25) is 0 Å². The fraction of sp³-hybridized carbons (Fsp3) is 0.517. The van der Waals surface area contributed by atoms with Crippen molar-refractivity contribution < 1.29 is 29.1 Å². The van der Waals surface area contributed by atoms with E-state index < -0.39 is 18.1 Å². The normalized spacial score (nSPS) is 24.7. The van der Waals surface area contributed by atoms with Crippen LogP contribution in [0.1, 0.15) is 108 Å². The Labute approximate surface area is 466 Å². The van der Waals surface area contributed by atoms with Crippen molar-refractivity contribution >= 4 is 46.2 Å². The van der Waals surface area contributed by atoms with Gasteiger partial charge in [0.25, 0.3) is 0 Å². The van der Waals surface area contributed by atoms with Gasteiger partial charge >= 0.3 is 0 Å². The zero-order valence-electron chi connectivity index (χ0n) is 45.8. The molecule has 6 aliphatic rings. The van der Waals surface area contributed by atoms with Gasteiger partial charge in [-0.25, -0.2) is 9.97 Å². The number of fused-ring (bicyclic) bond motifs is 2. The molecule has 5 saturated heterocycles. The number of aliphatic hydroxyl groups excluding tert-OH is 1. The third-order valence-electron chi connectivity index (χ3n) is 18.3. The first kappa shape index (κ1) is 52.8. The van der Waals surface area contributed by atoms with Crippen LogP contribution < -0.4 is 30.5 Å². The van der Waals surface area contributed by atoms with Crippen LogP contribution in [0.3, 0.4) is 0 Å². The summed E-state index contributed by atoms with van der Waals surface area (Å²) >= 11 is 1.60. The summed E-state index contributed by atoms with van der Waals surface area (Å²) in [5.41, 5.74) is 14.8. The number of amides is 2. The molecule has 5 aliphatic heterocycles. The molecule has 1 unspecified atom stereocenters. The van der Waals surface area contributed by atoms with Crippen molar-refractivity contribution in [1.82, 2.24) is 40.4 Å². The molecule has 19 heteroatoms. The average molecular weight is 1090 g/mol. The number of aromatic hydroxyl groups is 1. The van der Waals surface area contributed by atoms with Gasteiger partial charge in [-0.05, 0) is 131 Å². The number of hydrogen-bond donors (Lipinski definition) is 4. The van der Waals surface area contributed by atoms with Crippen molar-refractivity contribution in [2.45, 2.75) is 128 Å². The number of carbonyl (C=O) groups excluding carboxylic acids is 2. The number of rotatable bonds is 15. The van der Waals surface area contributed by atoms with Crippen molar-refractivity contribution in [3.8, 4) is 33.3 Å². The Morgan fingerprint density at radius 3 is 2.33 bits per heavy atom. The van der Waals surface area contributed by atoms with Crippen molar-refractivity contribution in [1.29, 1.82) is 0 Å². The van der Waals surface area contributed by atoms with Gasteiger partial charge in [0.2, 0.25) is 17.7 Å². The monoisotopic (exact) mass is 1090 g/mol. The van der Waals surface area contributed by atoms with Gasteiger partial charge in [0.15, 0.2) is 17.4 Å². The lowest BCUT2D eigenvalue weighted by Crippen LogP contribution is -2.54. The number of nitrogen functional groups attached to an aromatic ring is 1. The van der Waals surface area contributed by atoms with Crippen LogP contribution in [0.15, 0.2) is 89.0 Å². The molecule has 2 aromatic carbocycles. The van der Waals surface area contributed by atoms with Gasteiger partial charge in [-0.1, -0.05) is 55.4 Å². The molecular weight excluding hydrogens is 1020 g/mol. The van der Waals surface area contributed by atoms with Crippen molar-refractivity contribution in [3.05, 3.63) is 102 Å². The molecule has 9 heterocycles. The lowest BCUT2D eigenvalue weighted by Gasteiger charge is -2.48. The molecule has 2 bridgehead atoms. The highest BCUT2D eigenvalue weighted by Gasteiger charge is 2.46. The molecule has 79 heavy (non-hydrogen) atoms. The second-order valence-electron chi connectivity index (χ2n) is 23.8. The van der Waals surface area contributed by atoms with Gasteiger partial charge < -0.3 is 55.0 Å². The highest BCUT2D eigenvalue weighted by Crippen LogP contribution is 2.45. The molecule has 1 aliphatic carbocycles. The van der Waals surface area contributed by atoms with Crippen molar-refractivity contribution in [2.75, 3.05) is 72.8 Å². The standard InChI is InChI=1S/C60H74N12O6S/c1-36(2)55(59(76)71-34-45(73)28-50(71)58(75)64-37(3)40-9-11-41(12-10-40)56-38(4)63-35-79-56)52-30-53(67-78-52)69-23-18-60(19-24-69)16-21-68(22-17-60)31-39-25-46(26-39)77-54-27-42(15-20-62-54)72-43-13-14-44(72)33-70(32-43)49-29-48(65-66-57(49)61)47-7-5-6-8-51(47)74/h5-12,15,20,27,29-30,35-37,39,43-46,50,55,73-74H,13-14,16-19,21-26,28,31-34H2,1-4H3,(H2,61,66)(H,64,75)/t37-,39?,43+,44?,45+,46?,50-,55-/m0/s1. The summed E-state index contributed by atoms with van der Waals surface area (Å²) in [4.78, 5) is 49.8. The molecular formula is C60H74N12O6S. The second kappa shape index (κ2) is 22.0. The predicted octanol–water partition coefficient (Wildman–Crippen LogP) is 8.22. The number of likely N-dealkylation sites (tertiary alicyclic amines) is 2. The number of aliphatic hydroxyl groups is 1. The summed E-state index contributed by atoms with van der Waals surface area (Å²) in [7, 11) is 0. The number of hydrogen-bond acceptors (Lipinski definition) is 17. The van der Waals surface area contributed by atoms with Crippen LogP contribution in [0.4, 0.5) is 23.0 Å². The number of pyridine rings is 1. The maximum Gasteiger partial charge on any atom is 0.243 e. The smallest absolute Gasteiger partial charge is 0.243 e. The lowest BCUT2D eigenvalue weighted by molar-refractivity contribution is -0.141. The summed E-state index contributed by atoms with van der Waals surface area (Å²) in [5, 5.41) is 37.5. The molecule has 18 nitrogen and oxygen atoms in total. The Kier molecular flexibility index (Phi) is 14.7. The molecule has 6 atom stereocenters. The molecule has 6 aromatic rings. The molecule has 12 rings (SSSR count). The number of carbonyl (C=O) groups is 2. The second-order valence-corrected chi connectivity index (χ2v) is 24.6. The topological polar surface area (TPSA) is 216 Å². The van der Waals surface area contributed by atoms with Gasteiger partial charge in [0, 0.05) is 87.4 Å². The van der Waals surface area contributed by atoms with E-state index >= 15 is 0 Å².